The number of rotatable bonds is 7. The summed E-state index contributed by atoms with van der Waals surface area (Å²) >= 11 is 0. The summed E-state index contributed by atoms with van der Waals surface area (Å²) < 4.78 is 13.1. The molecule has 2 aromatic heterocycles. The Morgan fingerprint density at radius 3 is 2.79 bits per heavy atom. The first kappa shape index (κ1) is 23.6. The molecule has 0 bridgehead atoms. The molecular formula is C23H33N5O5. The summed E-state index contributed by atoms with van der Waals surface area (Å²) in [5, 5.41) is 25.9. The van der Waals surface area contributed by atoms with E-state index in [0.717, 1.165) is 25.7 Å². The molecule has 1 saturated heterocycles. The van der Waals surface area contributed by atoms with Crippen LogP contribution in [0.3, 0.4) is 0 Å². The summed E-state index contributed by atoms with van der Waals surface area (Å²) in [4.78, 5) is 20.4. The molecule has 180 valence electrons. The Kier molecular flexibility index (Phi) is 6.43. The summed E-state index contributed by atoms with van der Waals surface area (Å²) in [6.45, 7) is 7.83. The number of aliphatic hydroxyl groups is 2. The fourth-order valence-electron chi connectivity index (χ4n) is 5.02. The molecule has 0 radical (unpaired) electrons. The number of nitrogen functional groups attached to an aromatic ring is 1. The number of aliphatic hydroxyl groups excluding tert-OH is 2. The van der Waals surface area contributed by atoms with Crippen LogP contribution in [0.2, 0.25) is 0 Å². The van der Waals surface area contributed by atoms with Crippen molar-refractivity contribution in [3.8, 4) is 0 Å². The van der Waals surface area contributed by atoms with Gasteiger partial charge >= 0.3 is 5.97 Å². The third-order valence-electron chi connectivity index (χ3n) is 7.13. The van der Waals surface area contributed by atoms with Gasteiger partial charge in [-0.05, 0) is 55.9 Å². The van der Waals surface area contributed by atoms with E-state index in [1.54, 1.807) is 12.1 Å². The number of hydrogen-bond acceptors (Lipinski definition) is 9. The van der Waals surface area contributed by atoms with Crippen molar-refractivity contribution in [2.45, 2.75) is 69.9 Å². The zero-order valence-corrected chi connectivity index (χ0v) is 19.2. The minimum absolute atomic E-state index is 0.0381. The molecule has 10 heteroatoms. The van der Waals surface area contributed by atoms with E-state index in [1.807, 2.05) is 0 Å². The number of ether oxygens (including phenoxy) is 2. The van der Waals surface area contributed by atoms with Gasteiger partial charge in [-0.15, -0.1) is 0 Å². The highest BCUT2D eigenvalue weighted by molar-refractivity contribution is 5.69. The molecule has 0 aromatic carbocycles. The van der Waals surface area contributed by atoms with Crippen LogP contribution in [0.5, 0.6) is 0 Å². The summed E-state index contributed by atoms with van der Waals surface area (Å²) in [5.74, 6) is 0.257. The van der Waals surface area contributed by atoms with Gasteiger partial charge in [-0.1, -0.05) is 13.8 Å². The maximum Gasteiger partial charge on any atom is 0.306 e. The maximum atomic E-state index is 12.5. The highest BCUT2D eigenvalue weighted by Gasteiger charge is 2.56. The Labute approximate surface area is 192 Å². The van der Waals surface area contributed by atoms with E-state index in [0.29, 0.717) is 29.0 Å². The summed E-state index contributed by atoms with van der Waals surface area (Å²) in [5.41, 5.74) is 5.81. The van der Waals surface area contributed by atoms with Gasteiger partial charge in [-0.25, -0.2) is 9.50 Å². The van der Waals surface area contributed by atoms with Crippen LogP contribution in [0.1, 0.15) is 51.6 Å². The second kappa shape index (κ2) is 9.00. The number of carbonyl (C=O) groups excluding carboxylic acids is 1. The van der Waals surface area contributed by atoms with Crippen molar-refractivity contribution in [2.24, 2.45) is 16.3 Å². The third kappa shape index (κ3) is 4.47. The molecule has 33 heavy (non-hydrogen) atoms. The van der Waals surface area contributed by atoms with Crippen LogP contribution >= 0.6 is 0 Å². The lowest BCUT2D eigenvalue weighted by molar-refractivity contribution is -0.153. The van der Waals surface area contributed by atoms with E-state index in [9.17, 15) is 15.0 Å². The van der Waals surface area contributed by atoms with Gasteiger partial charge in [-0.2, -0.15) is 5.10 Å². The van der Waals surface area contributed by atoms with Crippen molar-refractivity contribution in [3.63, 3.8) is 0 Å². The predicted octanol–water partition coefficient (Wildman–Crippen LogP) is 1.48. The minimum Gasteiger partial charge on any atom is -0.463 e. The van der Waals surface area contributed by atoms with Crippen LogP contribution in [0.4, 0.5) is 5.82 Å². The molecule has 10 nitrogen and oxygen atoms in total. The van der Waals surface area contributed by atoms with E-state index >= 15 is 0 Å². The summed E-state index contributed by atoms with van der Waals surface area (Å²) in [6, 6.07) is 3.40. The predicted molar refractivity (Wildman–Crippen MR) is 122 cm³/mol. The van der Waals surface area contributed by atoms with Gasteiger partial charge in [0.1, 0.15) is 36.8 Å². The number of anilines is 1. The minimum atomic E-state index is -1.43. The standard InChI is InChI=1S/C23H33N5O5/c1-22(2)8-6-14(7-9-22)10-18(29)32-11-16-19(30)20(31)23(33-16,12-25-3)17-5-4-15-21(24)26-13-27-28(15)17/h4-5,13-14,16,19-20,30-31H,3,6-12H2,1-2H3,(H2,24,26,27)/t16-,19-,20-,23+/m1/s1. The quantitative estimate of drug-likeness (QED) is 0.417. The average molecular weight is 460 g/mol. The lowest BCUT2D eigenvalue weighted by Crippen LogP contribution is -2.44. The van der Waals surface area contributed by atoms with Crippen molar-refractivity contribution < 1.29 is 24.5 Å². The van der Waals surface area contributed by atoms with Gasteiger partial charge in [-0.3, -0.25) is 9.79 Å². The normalized spacial score (nSPS) is 29.9. The average Bonchev–Trinajstić information content (AvgIpc) is 3.31. The number of carbonyl (C=O) groups is 1. The second-order valence-corrected chi connectivity index (χ2v) is 10.0. The van der Waals surface area contributed by atoms with Gasteiger partial charge in [0.05, 0.1) is 12.2 Å². The highest BCUT2D eigenvalue weighted by Crippen LogP contribution is 2.42. The van der Waals surface area contributed by atoms with Crippen molar-refractivity contribution in [1.82, 2.24) is 14.6 Å². The fourth-order valence-corrected chi connectivity index (χ4v) is 5.02. The number of fused-ring (bicyclic) bond motifs is 1. The van der Waals surface area contributed by atoms with E-state index < -0.39 is 23.9 Å². The van der Waals surface area contributed by atoms with Crippen LogP contribution in [-0.4, -0.2) is 69.0 Å². The molecule has 4 atom stereocenters. The molecule has 4 rings (SSSR count). The number of aromatic nitrogens is 3. The molecule has 2 aromatic rings. The third-order valence-corrected chi connectivity index (χ3v) is 7.13. The zero-order valence-electron chi connectivity index (χ0n) is 19.2. The van der Waals surface area contributed by atoms with E-state index in [1.165, 1.54) is 10.8 Å². The van der Waals surface area contributed by atoms with Crippen LogP contribution in [0.25, 0.3) is 5.52 Å². The Morgan fingerprint density at radius 2 is 2.09 bits per heavy atom. The van der Waals surface area contributed by atoms with Gasteiger partial charge in [0.2, 0.25) is 0 Å². The monoisotopic (exact) mass is 459 g/mol. The van der Waals surface area contributed by atoms with E-state index in [2.05, 4.69) is 35.6 Å². The Bertz CT molecular complexity index is 1010. The number of esters is 1. The summed E-state index contributed by atoms with van der Waals surface area (Å²) in [7, 11) is 0. The molecule has 2 aliphatic rings. The van der Waals surface area contributed by atoms with Gasteiger partial charge in [0, 0.05) is 6.42 Å². The van der Waals surface area contributed by atoms with Crippen LogP contribution in [-0.2, 0) is 19.9 Å². The molecule has 1 aliphatic carbocycles. The first-order valence-electron chi connectivity index (χ1n) is 11.4. The number of nitrogens with zero attached hydrogens (tertiary/aromatic N) is 4. The molecule has 0 amide bonds. The number of nitrogens with two attached hydrogens (primary N) is 1. The van der Waals surface area contributed by atoms with E-state index in [4.69, 9.17) is 15.2 Å². The molecule has 1 saturated carbocycles. The largest absolute Gasteiger partial charge is 0.463 e. The fraction of sp³-hybridized carbons (Fsp3) is 0.652. The Morgan fingerprint density at radius 1 is 1.36 bits per heavy atom. The topological polar surface area (TPSA) is 145 Å². The van der Waals surface area contributed by atoms with Gasteiger partial charge in [0.15, 0.2) is 11.4 Å². The van der Waals surface area contributed by atoms with Crippen molar-refractivity contribution >= 4 is 24.0 Å². The van der Waals surface area contributed by atoms with Crippen molar-refractivity contribution in [3.05, 3.63) is 24.2 Å². The zero-order chi connectivity index (χ0) is 23.8. The first-order valence-corrected chi connectivity index (χ1v) is 11.4. The molecule has 0 spiro atoms. The SMILES string of the molecule is C=NC[C@@]1(c2ccc3c(N)ncnn23)O[C@H](COC(=O)CC2CCC(C)(C)CC2)[C@@H](O)[C@H]1O. The van der Waals surface area contributed by atoms with Gasteiger partial charge < -0.3 is 25.4 Å². The first-order chi connectivity index (χ1) is 15.7. The number of hydrogen-bond donors (Lipinski definition) is 3. The summed E-state index contributed by atoms with van der Waals surface area (Å²) in [6.07, 6.45) is 2.27. The van der Waals surface area contributed by atoms with Crippen molar-refractivity contribution in [1.29, 1.82) is 0 Å². The lowest BCUT2D eigenvalue weighted by atomic mass is 9.72. The lowest BCUT2D eigenvalue weighted by Gasteiger charge is -2.33. The molecule has 0 unspecified atom stereocenters. The smallest absolute Gasteiger partial charge is 0.306 e. The Balaban J connectivity index is 1.46. The number of aliphatic imine (C=N–C) groups is 1. The maximum absolute atomic E-state index is 12.5. The molecule has 1 aliphatic heterocycles. The van der Waals surface area contributed by atoms with Gasteiger partial charge in [0.25, 0.3) is 0 Å². The molecule has 3 heterocycles. The van der Waals surface area contributed by atoms with Crippen molar-refractivity contribution in [2.75, 3.05) is 18.9 Å². The van der Waals surface area contributed by atoms with E-state index in [-0.39, 0.29) is 24.9 Å². The molecule has 2 fully saturated rings. The van der Waals surface area contributed by atoms with Crippen LogP contribution in [0, 0.1) is 11.3 Å². The van der Waals surface area contributed by atoms with Crippen LogP contribution < -0.4 is 5.73 Å². The van der Waals surface area contributed by atoms with Crippen LogP contribution in [0.15, 0.2) is 23.5 Å². The molecule has 4 N–H and O–H groups in total. The second-order valence-electron chi connectivity index (χ2n) is 10.0. The Hall–Kier alpha value is -2.56. The highest BCUT2D eigenvalue weighted by atomic mass is 16.6. The molecular weight excluding hydrogens is 426 g/mol.